The summed E-state index contributed by atoms with van der Waals surface area (Å²) in [6.45, 7) is 3.05. The van der Waals surface area contributed by atoms with Gasteiger partial charge in [0.15, 0.2) is 0 Å². The van der Waals surface area contributed by atoms with Gasteiger partial charge in [-0.3, -0.25) is 4.79 Å². The van der Waals surface area contributed by atoms with Crippen molar-refractivity contribution in [2.45, 2.75) is 25.7 Å². The van der Waals surface area contributed by atoms with E-state index in [4.69, 9.17) is 10.5 Å². The lowest BCUT2D eigenvalue weighted by atomic mass is 9.98. The van der Waals surface area contributed by atoms with Crippen LogP contribution in [-0.2, 0) is 9.53 Å². The number of carbonyl (C=O) groups excluding carboxylic acids is 1. The van der Waals surface area contributed by atoms with Crippen LogP contribution in [0.15, 0.2) is 0 Å². The molecule has 0 spiro atoms. The maximum absolute atomic E-state index is 12.1. The van der Waals surface area contributed by atoms with Crippen LogP contribution in [0.25, 0.3) is 0 Å². The van der Waals surface area contributed by atoms with Crippen molar-refractivity contribution in [3.63, 3.8) is 0 Å². The van der Waals surface area contributed by atoms with Crippen LogP contribution in [0.1, 0.15) is 25.7 Å². The minimum Gasteiger partial charge on any atom is -0.381 e. The quantitative estimate of drug-likeness (QED) is 0.764. The first kappa shape index (κ1) is 11.9. The summed E-state index contributed by atoms with van der Waals surface area (Å²) < 4.78 is 5.32. The third-order valence-corrected chi connectivity index (χ3v) is 3.92. The maximum Gasteiger partial charge on any atom is 0.229 e. The van der Waals surface area contributed by atoms with Gasteiger partial charge in [0.25, 0.3) is 0 Å². The minimum atomic E-state index is -0.195. The van der Waals surface area contributed by atoms with Gasteiger partial charge in [-0.1, -0.05) is 0 Å². The Morgan fingerprint density at radius 2 is 2.06 bits per heavy atom. The van der Waals surface area contributed by atoms with Crippen molar-refractivity contribution in [1.29, 1.82) is 0 Å². The van der Waals surface area contributed by atoms with E-state index in [0.717, 1.165) is 45.4 Å². The van der Waals surface area contributed by atoms with Gasteiger partial charge in [0.05, 0.1) is 5.41 Å². The van der Waals surface area contributed by atoms with Crippen molar-refractivity contribution in [2.24, 2.45) is 17.1 Å². The van der Waals surface area contributed by atoms with E-state index in [1.54, 1.807) is 0 Å². The number of nitrogens with two attached hydrogens (primary N) is 1. The van der Waals surface area contributed by atoms with E-state index >= 15 is 0 Å². The van der Waals surface area contributed by atoms with Gasteiger partial charge in [0.1, 0.15) is 0 Å². The number of nitrogens with zero attached hydrogens (tertiary/aromatic N) is 1. The summed E-state index contributed by atoms with van der Waals surface area (Å²) in [5.41, 5.74) is 5.48. The summed E-state index contributed by atoms with van der Waals surface area (Å²) in [5.74, 6) is 0.859. The molecule has 1 heterocycles. The smallest absolute Gasteiger partial charge is 0.229 e. The van der Waals surface area contributed by atoms with Crippen molar-refractivity contribution in [3.05, 3.63) is 0 Å². The van der Waals surface area contributed by atoms with E-state index in [1.165, 1.54) is 0 Å². The van der Waals surface area contributed by atoms with E-state index in [9.17, 15) is 4.79 Å². The molecule has 0 aromatic rings. The van der Waals surface area contributed by atoms with E-state index in [-0.39, 0.29) is 11.3 Å². The van der Waals surface area contributed by atoms with Gasteiger partial charge >= 0.3 is 0 Å². The van der Waals surface area contributed by atoms with Crippen LogP contribution >= 0.6 is 0 Å². The third-order valence-electron chi connectivity index (χ3n) is 3.92. The summed E-state index contributed by atoms with van der Waals surface area (Å²) in [5, 5.41) is 0. The lowest BCUT2D eigenvalue weighted by Gasteiger charge is -2.29. The monoisotopic (exact) mass is 226 g/mol. The molecule has 1 aliphatic carbocycles. The molecule has 2 N–H and O–H groups in total. The molecule has 0 bridgehead atoms. The summed E-state index contributed by atoms with van der Waals surface area (Å²) in [6, 6.07) is 0. The molecular weight excluding hydrogens is 204 g/mol. The molecule has 0 aromatic heterocycles. The zero-order valence-electron chi connectivity index (χ0n) is 10.1. The van der Waals surface area contributed by atoms with E-state index < -0.39 is 0 Å². The van der Waals surface area contributed by atoms with Crippen molar-refractivity contribution in [1.82, 2.24) is 4.90 Å². The van der Waals surface area contributed by atoms with Gasteiger partial charge in [0, 0.05) is 33.4 Å². The van der Waals surface area contributed by atoms with E-state index in [1.807, 2.05) is 11.9 Å². The Balaban J connectivity index is 1.82. The van der Waals surface area contributed by atoms with Crippen LogP contribution in [0.3, 0.4) is 0 Å². The second kappa shape index (κ2) is 4.72. The molecule has 92 valence electrons. The first-order chi connectivity index (χ1) is 7.68. The first-order valence-corrected chi connectivity index (χ1v) is 6.21. The molecule has 1 saturated heterocycles. The summed E-state index contributed by atoms with van der Waals surface area (Å²) in [6.07, 6.45) is 4.10. The van der Waals surface area contributed by atoms with Crippen molar-refractivity contribution < 1.29 is 9.53 Å². The Bertz CT molecular complexity index is 258. The Hall–Kier alpha value is -0.610. The fourth-order valence-corrected chi connectivity index (χ4v) is 2.46. The molecule has 1 saturated carbocycles. The fourth-order valence-electron chi connectivity index (χ4n) is 2.46. The van der Waals surface area contributed by atoms with Gasteiger partial charge in [-0.2, -0.15) is 0 Å². The molecule has 0 radical (unpaired) electrons. The van der Waals surface area contributed by atoms with Gasteiger partial charge < -0.3 is 15.4 Å². The van der Waals surface area contributed by atoms with Crippen LogP contribution in [0, 0.1) is 11.3 Å². The molecule has 4 nitrogen and oxygen atoms in total. The highest BCUT2D eigenvalue weighted by molar-refractivity contribution is 5.85. The molecule has 0 atom stereocenters. The normalized spacial score (nSPS) is 24.1. The summed E-state index contributed by atoms with van der Waals surface area (Å²) in [4.78, 5) is 14.0. The standard InChI is InChI=1S/C12H22N2O2/c1-14(8-10-2-6-16-7-3-10)11(15)12(9-13)4-5-12/h10H,2-9,13H2,1H3. The SMILES string of the molecule is CN(CC1CCOCC1)C(=O)C1(CN)CC1. The number of carbonyl (C=O) groups is 1. The lowest BCUT2D eigenvalue weighted by molar-refractivity contribution is -0.136. The molecule has 0 unspecified atom stereocenters. The van der Waals surface area contributed by atoms with Crippen LogP contribution in [-0.4, -0.2) is 44.2 Å². The van der Waals surface area contributed by atoms with Gasteiger partial charge in [0.2, 0.25) is 5.91 Å². The second-order valence-corrected chi connectivity index (χ2v) is 5.23. The number of ether oxygens (including phenoxy) is 1. The molecule has 4 heteroatoms. The zero-order chi connectivity index (χ0) is 11.6. The summed E-state index contributed by atoms with van der Waals surface area (Å²) >= 11 is 0. The van der Waals surface area contributed by atoms with Crippen LogP contribution in [0.5, 0.6) is 0 Å². The molecular formula is C12H22N2O2. The largest absolute Gasteiger partial charge is 0.381 e. The molecule has 16 heavy (non-hydrogen) atoms. The Morgan fingerprint density at radius 3 is 2.56 bits per heavy atom. The van der Waals surface area contributed by atoms with Gasteiger partial charge in [-0.25, -0.2) is 0 Å². The van der Waals surface area contributed by atoms with Crippen LogP contribution in [0.2, 0.25) is 0 Å². The molecule has 2 fully saturated rings. The fraction of sp³-hybridized carbons (Fsp3) is 0.917. The van der Waals surface area contributed by atoms with Gasteiger partial charge in [-0.15, -0.1) is 0 Å². The van der Waals surface area contributed by atoms with Crippen LogP contribution in [0.4, 0.5) is 0 Å². The zero-order valence-corrected chi connectivity index (χ0v) is 10.1. The highest BCUT2D eigenvalue weighted by Crippen LogP contribution is 2.46. The molecule has 0 aromatic carbocycles. The van der Waals surface area contributed by atoms with E-state index in [2.05, 4.69) is 0 Å². The number of hydrogen-bond acceptors (Lipinski definition) is 3. The van der Waals surface area contributed by atoms with Gasteiger partial charge in [-0.05, 0) is 31.6 Å². The first-order valence-electron chi connectivity index (χ1n) is 6.21. The lowest BCUT2D eigenvalue weighted by Crippen LogP contribution is -2.41. The topological polar surface area (TPSA) is 55.6 Å². The number of hydrogen-bond donors (Lipinski definition) is 1. The van der Waals surface area contributed by atoms with Crippen molar-refractivity contribution in [2.75, 3.05) is 33.4 Å². The highest BCUT2D eigenvalue weighted by atomic mass is 16.5. The summed E-state index contributed by atoms with van der Waals surface area (Å²) in [7, 11) is 1.91. The van der Waals surface area contributed by atoms with Crippen molar-refractivity contribution in [3.8, 4) is 0 Å². The Kier molecular flexibility index (Phi) is 3.50. The molecule has 2 aliphatic rings. The van der Waals surface area contributed by atoms with Crippen molar-refractivity contribution >= 4 is 5.91 Å². The average Bonchev–Trinajstić information content (AvgIpc) is 3.10. The Labute approximate surface area is 97.1 Å². The number of amides is 1. The predicted octanol–water partition coefficient (Wildman–Crippen LogP) is 0.610. The molecule has 1 amide bonds. The Morgan fingerprint density at radius 1 is 1.44 bits per heavy atom. The maximum atomic E-state index is 12.1. The average molecular weight is 226 g/mol. The number of rotatable bonds is 4. The van der Waals surface area contributed by atoms with Crippen LogP contribution < -0.4 is 5.73 Å². The molecule has 1 aliphatic heterocycles. The predicted molar refractivity (Wildman–Crippen MR) is 61.9 cm³/mol. The molecule has 2 rings (SSSR count). The van der Waals surface area contributed by atoms with E-state index in [0.29, 0.717) is 12.5 Å². The minimum absolute atomic E-state index is 0.195. The highest BCUT2D eigenvalue weighted by Gasteiger charge is 2.49. The second-order valence-electron chi connectivity index (χ2n) is 5.23. The third kappa shape index (κ3) is 2.38.